The van der Waals surface area contributed by atoms with Crippen molar-refractivity contribution < 1.29 is 19.2 Å². The summed E-state index contributed by atoms with van der Waals surface area (Å²) in [7, 11) is 0. The third kappa shape index (κ3) is 2.24. The Bertz CT molecular complexity index is 1090. The molecule has 2 aromatic carbocycles. The van der Waals surface area contributed by atoms with Gasteiger partial charge < -0.3 is 14.4 Å². The molecule has 7 nitrogen and oxygen atoms in total. The van der Waals surface area contributed by atoms with E-state index >= 15 is 0 Å². The monoisotopic (exact) mass is 352 g/mol. The van der Waals surface area contributed by atoms with Crippen LogP contribution in [0, 0.1) is 0 Å². The lowest BCUT2D eigenvalue weighted by Crippen LogP contribution is -2.23. The van der Waals surface area contributed by atoms with Gasteiger partial charge in [0.25, 0.3) is 0 Å². The summed E-state index contributed by atoms with van der Waals surface area (Å²) in [6, 6.07) is 9.51. The van der Waals surface area contributed by atoms with Gasteiger partial charge in [-0.15, -0.1) is 0 Å². The van der Waals surface area contributed by atoms with Crippen LogP contribution in [0.25, 0.3) is 22.2 Å². The normalized spacial score (nSPS) is 15.0. The third-order valence-corrected chi connectivity index (χ3v) is 4.74. The molecular weight excluding hydrogens is 336 g/mol. The number of nitrogens with zero attached hydrogens (tertiary/aromatic N) is 2. The molecule has 3 heterocycles. The first-order valence-corrected chi connectivity index (χ1v) is 8.51. The molecule has 0 spiro atoms. The number of hydrogen-bond donors (Lipinski definition) is 0. The van der Waals surface area contributed by atoms with E-state index in [1.54, 1.807) is 4.57 Å². The second-order valence-electron chi connectivity index (χ2n) is 6.19. The van der Waals surface area contributed by atoms with Gasteiger partial charge in [-0.1, -0.05) is 12.1 Å². The number of ether oxygens (including phenoxy) is 2. The Morgan fingerprint density at radius 2 is 1.96 bits per heavy atom. The summed E-state index contributed by atoms with van der Waals surface area (Å²) in [5.41, 5.74) is 2.91. The Morgan fingerprint density at radius 1 is 1.12 bits per heavy atom. The van der Waals surface area contributed by atoms with Gasteiger partial charge in [-0.3, -0.25) is 4.57 Å². The van der Waals surface area contributed by atoms with Gasteiger partial charge in [-0.2, -0.15) is 9.87 Å². The van der Waals surface area contributed by atoms with E-state index < -0.39 is 0 Å². The van der Waals surface area contributed by atoms with Crippen LogP contribution < -0.4 is 20.1 Å². The first-order chi connectivity index (χ1) is 12.7. The molecule has 26 heavy (non-hydrogen) atoms. The predicted molar refractivity (Wildman–Crippen MR) is 93.5 cm³/mol. The highest BCUT2D eigenvalue weighted by Crippen LogP contribution is 2.39. The molecule has 132 valence electrons. The lowest BCUT2D eigenvalue weighted by atomic mass is 10.0. The average Bonchev–Trinajstić information content (AvgIpc) is 3.13. The van der Waals surface area contributed by atoms with Crippen LogP contribution in [0.1, 0.15) is 12.5 Å². The first kappa shape index (κ1) is 15.2. The van der Waals surface area contributed by atoms with Crippen LogP contribution in [0.2, 0.25) is 0 Å². The van der Waals surface area contributed by atoms with E-state index in [-0.39, 0.29) is 12.5 Å². The van der Waals surface area contributed by atoms with Crippen LogP contribution in [0.5, 0.6) is 17.2 Å². The minimum atomic E-state index is -0.302. The minimum Gasteiger partial charge on any atom is -0.454 e. The van der Waals surface area contributed by atoms with Gasteiger partial charge in [0.15, 0.2) is 17.2 Å². The Kier molecular flexibility index (Phi) is 3.36. The molecule has 0 saturated heterocycles. The van der Waals surface area contributed by atoms with E-state index in [4.69, 9.17) is 19.2 Å². The second-order valence-corrected chi connectivity index (χ2v) is 6.19. The van der Waals surface area contributed by atoms with Crippen molar-refractivity contribution in [3.63, 3.8) is 0 Å². The summed E-state index contributed by atoms with van der Waals surface area (Å²) >= 11 is 0. The zero-order valence-electron chi connectivity index (χ0n) is 14.2. The Morgan fingerprint density at radius 3 is 2.81 bits per heavy atom. The van der Waals surface area contributed by atoms with Crippen LogP contribution >= 0.6 is 0 Å². The van der Waals surface area contributed by atoms with E-state index in [9.17, 15) is 4.79 Å². The van der Waals surface area contributed by atoms with Gasteiger partial charge in [0.05, 0.1) is 17.8 Å². The van der Waals surface area contributed by atoms with Gasteiger partial charge in [-0.05, 0) is 19.1 Å². The lowest BCUT2D eigenvalue weighted by Gasteiger charge is -2.17. The molecule has 0 atom stereocenters. The largest absolute Gasteiger partial charge is 0.454 e. The number of fused-ring (bicyclic) bond motifs is 3. The summed E-state index contributed by atoms with van der Waals surface area (Å²) in [4.78, 5) is 27.3. The number of benzene rings is 2. The summed E-state index contributed by atoms with van der Waals surface area (Å²) in [6.07, 6.45) is 0.792. The number of rotatable bonds is 2. The lowest BCUT2D eigenvalue weighted by molar-refractivity contribution is -0.215. The van der Waals surface area contributed by atoms with Crippen LogP contribution in [0.15, 0.2) is 35.1 Å². The zero-order valence-corrected chi connectivity index (χ0v) is 14.2. The Hall–Kier alpha value is -3.06. The maximum absolute atomic E-state index is 12.6. The highest BCUT2D eigenvalue weighted by Gasteiger charge is 2.21. The predicted octanol–water partition coefficient (Wildman–Crippen LogP) is 2.68. The summed E-state index contributed by atoms with van der Waals surface area (Å²) < 4.78 is 12.6. The first-order valence-electron chi connectivity index (χ1n) is 8.51. The highest BCUT2D eigenvalue weighted by atomic mass is 17.2. The van der Waals surface area contributed by atoms with Crippen LogP contribution in [-0.2, 0) is 17.9 Å². The third-order valence-electron chi connectivity index (χ3n) is 4.74. The van der Waals surface area contributed by atoms with E-state index in [1.807, 2.05) is 37.3 Å². The zero-order chi connectivity index (χ0) is 17.7. The fourth-order valence-corrected chi connectivity index (χ4v) is 3.43. The molecule has 0 amide bonds. The van der Waals surface area contributed by atoms with Crippen molar-refractivity contribution in [2.24, 2.45) is 0 Å². The summed E-state index contributed by atoms with van der Waals surface area (Å²) in [5, 5.41) is 0.826. The van der Waals surface area contributed by atoms with Crippen molar-refractivity contribution in [1.82, 2.24) is 9.55 Å². The molecule has 1 aromatic heterocycles. The smallest absolute Gasteiger partial charge is 0.348 e. The topological polar surface area (TPSA) is 71.8 Å². The van der Waals surface area contributed by atoms with Crippen molar-refractivity contribution in [2.45, 2.75) is 19.9 Å². The van der Waals surface area contributed by atoms with E-state index in [2.05, 4.69) is 4.98 Å². The molecule has 3 aromatic rings. The molecule has 0 fully saturated rings. The number of aryl methyl sites for hydroxylation is 1. The molecule has 0 bridgehead atoms. The molecule has 0 aliphatic carbocycles. The van der Waals surface area contributed by atoms with Gasteiger partial charge in [0, 0.05) is 35.5 Å². The Labute approximate surface area is 148 Å². The molecule has 0 N–H and O–H groups in total. The quantitative estimate of drug-likeness (QED) is 0.661. The van der Waals surface area contributed by atoms with Crippen LogP contribution in [0.3, 0.4) is 0 Å². The van der Waals surface area contributed by atoms with E-state index in [0.29, 0.717) is 36.1 Å². The number of hydrogen-bond acceptors (Lipinski definition) is 6. The van der Waals surface area contributed by atoms with E-state index in [0.717, 1.165) is 28.5 Å². The van der Waals surface area contributed by atoms with Gasteiger partial charge >= 0.3 is 5.69 Å². The molecule has 0 radical (unpaired) electrons. The van der Waals surface area contributed by atoms with Crippen molar-refractivity contribution in [3.8, 4) is 28.5 Å². The van der Waals surface area contributed by atoms with Gasteiger partial charge in [0.2, 0.25) is 6.79 Å². The van der Waals surface area contributed by atoms with Gasteiger partial charge in [0.1, 0.15) is 0 Å². The fraction of sp³-hybridized carbons (Fsp3) is 0.263. The fourth-order valence-electron chi connectivity index (χ4n) is 3.43. The van der Waals surface area contributed by atoms with Crippen molar-refractivity contribution in [1.29, 1.82) is 0 Å². The maximum atomic E-state index is 12.6. The summed E-state index contributed by atoms with van der Waals surface area (Å²) in [5.74, 6) is 1.95. The SMILES string of the molecule is CCn1c(=O)nc(-c2ccc3c(c2)OOCC3)c2cc3c(cc21)OCO3. The van der Waals surface area contributed by atoms with E-state index in [1.165, 1.54) is 0 Å². The van der Waals surface area contributed by atoms with Crippen molar-refractivity contribution in [3.05, 3.63) is 46.4 Å². The van der Waals surface area contributed by atoms with Crippen molar-refractivity contribution >= 4 is 10.9 Å². The summed E-state index contributed by atoms with van der Waals surface area (Å²) in [6.45, 7) is 3.14. The Balaban J connectivity index is 1.79. The highest BCUT2D eigenvalue weighted by molar-refractivity contribution is 5.95. The van der Waals surface area contributed by atoms with Crippen LogP contribution in [0.4, 0.5) is 0 Å². The molecule has 0 unspecified atom stereocenters. The van der Waals surface area contributed by atoms with Gasteiger partial charge in [-0.25, -0.2) is 4.79 Å². The molecule has 7 heteroatoms. The molecular formula is C19H16N2O5. The molecule has 0 saturated carbocycles. The maximum Gasteiger partial charge on any atom is 0.348 e. The molecule has 5 rings (SSSR count). The minimum absolute atomic E-state index is 0.175. The van der Waals surface area contributed by atoms with Crippen LogP contribution in [-0.4, -0.2) is 23.0 Å². The number of aromatic nitrogens is 2. The molecule has 2 aliphatic heterocycles. The average molecular weight is 352 g/mol. The van der Waals surface area contributed by atoms with Crippen molar-refractivity contribution in [2.75, 3.05) is 13.4 Å². The second kappa shape index (κ2) is 5.74. The molecule has 2 aliphatic rings. The standard InChI is InChI=1S/C19H16N2O5/c1-2-21-14-9-17-16(23-10-24-17)8-13(14)18(20-19(21)22)12-4-3-11-5-6-25-26-15(11)7-12/h3-4,7-9H,2,5-6,10H2,1H3.